The molecule has 4 heteroatoms. The Morgan fingerprint density at radius 3 is 2.96 bits per heavy atom. The molecule has 3 nitrogen and oxygen atoms in total. The van der Waals surface area contributed by atoms with Gasteiger partial charge in [0.1, 0.15) is 19.0 Å². The fourth-order valence-electron chi connectivity index (χ4n) is 2.86. The van der Waals surface area contributed by atoms with Crippen LogP contribution in [0.15, 0.2) is 48.7 Å². The molecule has 0 aliphatic heterocycles. The van der Waals surface area contributed by atoms with Gasteiger partial charge in [-0.3, -0.25) is 0 Å². The SMILES string of the molecule is Cc1ccc2[nH]cc(CCNCc3cccc(OCCF)c3)c2c1. The third kappa shape index (κ3) is 4.15. The standard InChI is InChI=1S/C20H23FN2O/c1-15-5-6-20-19(11-15)17(14-23-20)7-9-22-13-16-3-2-4-18(12-16)24-10-8-21/h2-6,11-12,14,22-23H,7-10,13H2,1H3. The molecule has 1 aromatic heterocycles. The van der Waals surface area contributed by atoms with Crippen LogP contribution in [0.4, 0.5) is 4.39 Å². The van der Waals surface area contributed by atoms with Gasteiger partial charge in [0, 0.05) is 23.6 Å². The molecule has 1 heterocycles. The van der Waals surface area contributed by atoms with Crippen molar-refractivity contribution in [3.05, 3.63) is 65.4 Å². The summed E-state index contributed by atoms with van der Waals surface area (Å²) in [6.45, 7) is 3.43. The van der Waals surface area contributed by atoms with E-state index in [4.69, 9.17) is 4.74 Å². The number of ether oxygens (including phenoxy) is 1. The Labute approximate surface area is 141 Å². The van der Waals surface area contributed by atoms with Gasteiger partial charge in [0.25, 0.3) is 0 Å². The molecule has 0 radical (unpaired) electrons. The minimum Gasteiger partial charge on any atom is -0.491 e. The summed E-state index contributed by atoms with van der Waals surface area (Å²) in [5.41, 5.74) is 4.94. The largest absolute Gasteiger partial charge is 0.491 e. The smallest absolute Gasteiger partial charge is 0.123 e. The molecule has 0 fully saturated rings. The van der Waals surface area contributed by atoms with E-state index in [1.54, 1.807) is 0 Å². The van der Waals surface area contributed by atoms with Crippen molar-refractivity contribution < 1.29 is 9.13 Å². The van der Waals surface area contributed by atoms with Crippen LogP contribution in [0.5, 0.6) is 5.75 Å². The highest BCUT2D eigenvalue weighted by molar-refractivity contribution is 5.83. The summed E-state index contributed by atoms with van der Waals surface area (Å²) < 4.78 is 17.5. The van der Waals surface area contributed by atoms with Crippen LogP contribution in [0, 0.1) is 6.92 Å². The Bertz CT molecular complexity index is 797. The van der Waals surface area contributed by atoms with Crippen molar-refractivity contribution in [2.45, 2.75) is 19.9 Å². The molecule has 0 saturated heterocycles. The van der Waals surface area contributed by atoms with Crippen LogP contribution in [0.25, 0.3) is 10.9 Å². The number of aromatic amines is 1. The van der Waals surface area contributed by atoms with E-state index in [2.05, 4.69) is 41.6 Å². The lowest BCUT2D eigenvalue weighted by atomic mass is 10.1. The normalized spacial score (nSPS) is 11.1. The number of alkyl halides is 1. The maximum absolute atomic E-state index is 12.2. The van der Waals surface area contributed by atoms with Gasteiger partial charge in [-0.2, -0.15) is 0 Å². The molecule has 0 bridgehead atoms. The van der Waals surface area contributed by atoms with E-state index in [1.165, 1.54) is 22.0 Å². The average Bonchev–Trinajstić information content (AvgIpc) is 2.99. The quantitative estimate of drug-likeness (QED) is 0.610. The van der Waals surface area contributed by atoms with E-state index < -0.39 is 6.67 Å². The summed E-state index contributed by atoms with van der Waals surface area (Å²) in [6.07, 6.45) is 3.07. The molecule has 0 saturated carbocycles. The van der Waals surface area contributed by atoms with Gasteiger partial charge in [-0.05, 0) is 55.3 Å². The molecule has 24 heavy (non-hydrogen) atoms. The lowest BCUT2D eigenvalue weighted by molar-refractivity contribution is 0.273. The summed E-state index contributed by atoms with van der Waals surface area (Å²) in [4.78, 5) is 3.33. The van der Waals surface area contributed by atoms with Crippen LogP contribution >= 0.6 is 0 Å². The number of benzene rings is 2. The predicted molar refractivity (Wildman–Crippen MR) is 96.4 cm³/mol. The second kappa shape index (κ2) is 7.97. The third-order valence-electron chi connectivity index (χ3n) is 4.07. The Hall–Kier alpha value is -2.33. The summed E-state index contributed by atoms with van der Waals surface area (Å²) in [7, 11) is 0. The first kappa shape index (κ1) is 16.5. The number of hydrogen-bond acceptors (Lipinski definition) is 2. The van der Waals surface area contributed by atoms with Gasteiger partial charge in [-0.15, -0.1) is 0 Å². The lowest BCUT2D eigenvalue weighted by Crippen LogP contribution is -2.16. The zero-order valence-corrected chi connectivity index (χ0v) is 13.9. The highest BCUT2D eigenvalue weighted by Crippen LogP contribution is 2.20. The van der Waals surface area contributed by atoms with Gasteiger partial charge < -0.3 is 15.0 Å². The fourth-order valence-corrected chi connectivity index (χ4v) is 2.86. The van der Waals surface area contributed by atoms with Crippen LogP contribution in [0.2, 0.25) is 0 Å². The van der Waals surface area contributed by atoms with Gasteiger partial charge in [0.05, 0.1) is 0 Å². The second-order valence-electron chi connectivity index (χ2n) is 5.97. The molecular formula is C20H23FN2O. The van der Waals surface area contributed by atoms with E-state index in [0.717, 1.165) is 30.8 Å². The third-order valence-corrected chi connectivity index (χ3v) is 4.07. The summed E-state index contributed by atoms with van der Waals surface area (Å²) >= 11 is 0. The topological polar surface area (TPSA) is 37.0 Å². The van der Waals surface area contributed by atoms with Crippen molar-refractivity contribution in [3.63, 3.8) is 0 Å². The number of halogens is 1. The van der Waals surface area contributed by atoms with Crippen LogP contribution in [0.1, 0.15) is 16.7 Å². The van der Waals surface area contributed by atoms with Crippen molar-refractivity contribution >= 4 is 10.9 Å². The number of aromatic nitrogens is 1. The minimum absolute atomic E-state index is 0.108. The summed E-state index contributed by atoms with van der Waals surface area (Å²) in [5.74, 6) is 0.721. The highest BCUT2D eigenvalue weighted by atomic mass is 19.1. The van der Waals surface area contributed by atoms with Crippen LogP contribution in [-0.2, 0) is 13.0 Å². The zero-order chi connectivity index (χ0) is 16.8. The fraction of sp³-hybridized carbons (Fsp3) is 0.300. The Kier molecular flexibility index (Phi) is 5.49. The molecule has 0 amide bonds. The molecular weight excluding hydrogens is 303 g/mol. The number of hydrogen-bond donors (Lipinski definition) is 2. The minimum atomic E-state index is -0.466. The van der Waals surface area contributed by atoms with Crippen molar-refractivity contribution in [2.24, 2.45) is 0 Å². The van der Waals surface area contributed by atoms with Gasteiger partial charge in [-0.25, -0.2) is 4.39 Å². The van der Waals surface area contributed by atoms with Crippen molar-refractivity contribution in [1.29, 1.82) is 0 Å². The first-order valence-electron chi connectivity index (χ1n) is 8.31. The van der Waals surface area contributed by atoms with Gasteiger partial charge in [0.2, 0.25) is 0 Å². The van der Waals surface area contributed by atoms with Gasteiger partial charge >= 0.3 is 0 Å². The molecule has 0 atom stereocenters. The van der Waals surface area contributed by atoms with Crippen molar-refractivity contribution in [2.75, 3.05) is 19.8 Å². The predicted octanol–water partition coefficient (Wildman–Crippen LogP) is 4.16. The summed E-state index contributed by atoms with van der Waals surface area (Å²) in [6, 6.07) is 14.3. The lowest BCUT2D eigenvalue weighted by Gasteiger charge is -2.08. The number of nitrogens with one attached hydrogen (secondary N) is 2. The summed E-state index contributed by atoms with van der Waals surface area (Å²) in [5, 5.41) is 4.76. The van der Waals surface area contributed by atoms with E-state index in [1.807, 2.05) is 24.3 Å². The van der Waals surface area contributed by atoms with Gasteiger partial charge in [0.15, 0.2) is 0 Å². The molecule has 2 aromatic carbocycles. The Morgan fingerprint density at radius 1 is 1.17 bits per heavy atom. The molecule has 3 aromatic rings. The molecule has 0 unspecified atom stereocenters. The number of fused-ring (bicyclic) bond motifs is 1. The molecule has 0 spiro atoms. The van der Waals surface area contributed by atoms with Crippen LogP contribution in [0.3, 0.4) is 0 Å². The van der Waals surface area contributed by atoms with E-state index >= 15 is 0 Å². The molecule has 0 aliphatic rings. The zero-order valence-electron chi connectivity index (χ0n) is 13.9. The monoisotopic (exact) mass is 326 g/mol. The first-order valence-corrected chi connectivity index (χ1v) is 8.31. The van der Waals surface area contributed by atoms with Crippen molar-refractivity contribution in [3.8, 4) is 5.75 Å². The Morgan fingerprint density at radius 2 is 2.08 bits per heavy atom. The second-order valence-corrected chi connectivity index (χ2v) is 5.97. The number of rotatable bonds is 8. The highest BCUT2D eigenvalue weighted by Gasteiger charge is 2.04. The maximum atomic E-state index is 12.2. The van der Waals surface area contributed by atoms with Crippen molar-refractivity contribution in [1.82, 2.24) is 10.3 Å². The number of H-pyrrole nitrogens is 1. The van der Waals surface area contributed by atoms with Crippen LogP contribution in [-0.4, -0.2) is 24.8 Å². The molecule has 3 rings (SSSR count). The van der Waals surface area contributed by atoms with E-state index in [-0.39, 0.29) is 6.61 Å². The van der Waals surface area contributed by atoms with E-state index in [0.29, 0.717) is 0 Å². The first-order chi connectivity index (χ1) is 11.8. The average molecular weight is 326 g/mol. The molecule has 0 aliphatic carbocycles. The Balaban J connectivity index is 1.52. The number of aryl methyl sites for hydroxylation is 1. The molecule has 2 N–H and O–H groups in total. The van der Waals surface area contributed by atoms with E-state index in [9.17, 15) is 4.39 Å². The van der Waals surface area contributed by atoms with Crippen LogP contribution < -0.4 is 10.1 Å². The maximum Gasteiger partial charge on any atom is 0.123 e. The molecule has 126 valence electrons. The van der Waals surface area contributed by atoms with Gasteiger partial charge in [-0.1, -0.05) is 23.8 Å².